The van der Waals surface area contributed by atoms with E-state index in [1.807, 2.05) is 71.3 Å². The maximum Gasteiger partial charge on any atom is 0.260 e. The van der Waals surface area contributed by atoms with Crippen LogP contribution in [0, 0.1) is 0 Å². The molecule has 1 aliphatic rings. The molecule has 0 spiro atoms. The lowest BCUT2D eigenvalue weighted by Gasteiger charge is -2.26. The molecule has 0 aromatic heterocycles. The SMILES string of the molecule is O=C(COc1ccc(Nc2ccccc2)cc1)N1CCSCC1. The molecule has 1 N–H and O–H groups in total. The van der Waals surface area contributed by atoms with Gasteiger partial charge < -0.3 is 15.0 Å². The van der Waals surface area contributed by atoms with Crippen molar-refractivity contribution in [3.05, 3.63) is 54.6 Å². The molecular weight excluding hydrogens is 308 g/mol. The topological polar surface area (TPSA) is 41.6 Å². The molecule has 0 atom stereocenters. The Hall–Kier alpha value is -2.14. The Balaban J connectivity index is 1.50. The van der Waals surface area contributed by atoms with Gasteiger partial charge in [-0.25, -0.2) is 0 Å². The predicted octanol–water partition coefficient (Wildman–Crippen LogP) is 3.38. The molecule has 0 radical (unpaired) electrons. The minimum absolute atomic E-state index is 0.0665. The van der Waals surface area contributed by atoms with Crippen LogP contribution >= 0.6 is 11.8 Å². The number of rotatable bonds is 5. The van der Waals surface area contributed by atoms with Crippen LogP contribution in [0.5, 0.6) is 5.75 Å². The van der Waals surface area contributed by atoms with E-state index in [9.17, 15) is 4.79 Å². The molecule has 5 heteroatoms. The van der Waals surface area contributed by atoms with Crippen molar-refractivity contribution in [1.29, 1.82) is 0 Å². The van der Waals surface area contributed by atoms with Gasteiger partial charge in [-0.15, -0.1) is 0 Å². The lowest BCUT2D eigenvalue weighted by Crippen LogP contribution is -2.40. The number of thioether (sulfide) groups is 1. The van der Waals surface area contributed by atoms with Gasteiger partial charge >= 0.3 is 0 Å². The number of hydrogen-bond acceptors (Lipinski definition) is 4. The van der Waals surface area contributed by atoms with Crippen LogP contribution in [0.1, 0.15) is 0 Å². The van der Waals surface area contributed by atoms with Crippen LogP contribution in [0.2, 0.25) is 0 Å². The van der Waals surface area contributed by atoms with Crippen molar-refractivity contribution in [3.63, 3.8) is 0 Å². The average Bonchev–Trinajstić information content (AvgIpc) is 2.62. The fourth-order valence-corrected chi connectivity index (χ4v) is 3.27. The first-order valence-electron chi connectivity index (χ1n) is 7.72. The second kappa shape index (κ2) is 7.92. The molecule has 0 saturated carbocycles. The monoisotopic (exact) mass is 328 g/mol. The predicted molar refractivity (Wildman–Crippen MR) is 95.6 cm³/mol. The molecule has 0 unspecified atom stereocenters. The smallest absolute Gasteiger partial charge is 0.260 e. The molecule has 1 amide bonds. The average molecular weight is 328 g/mol. The maximum atomic E-state index is 12.1. The highest BCUT2D eigenvalue weighted by molar-refractivity contribution is 7.99. The lowest BCUT2D eigenvalue weighted by molar-refractivity contribution is -0.132. The molecule has 0 bridgehead atoms. The number of carbonyl (C=O) groups excluding carboxylic acids is 1. The molecule has 1 saturated heterocycles. The Kier molecular flexibility index (Phi) is 5.42. The van der Waals surface area contributed by atoms with Gasteiger partial charge in [-0.2, -0.15) is 11.8 Å². The number of nitrogens with one attached hydrogen (secondary N) is 1. The Morgan fingerprint density at radius 2 is 1.65 bits per heavy atom. The summed E-state index contributed by atoms with van der Waals surface area (Å²) in [5, 5.41) is 3.31. The van der Waals surface area contributed by atoms with Gasteiger partial charge in [0, 0.05) is 36.0 Å². The Labute approximate surface area is 140 Å². The van der Waals surface area contributed by atoms with Crippen LogP contribution in [-0.4, -0.2) is 42.0 Å². The van der Waals surface area contributed by atoms with Crippen molar-refractivity contribution in [2.45, 2.75) is 0 Å². The number of nitrogens with zero attached hydrogens (tertiary/aromatic N) is 1. The van der Waals surface area contributed by atoms with Gasteiger partial charge in [-0.05, 0) is 36.4 Å². The fraction of sp³-hybridized carbons (Fsp3) is 0.278. The van der Waals surface area contributed by atoms with Crippen LogP contribution in [-0.2, 0) is 4.79 Å². The fourth-order valence-electron chi connectivity index (χ4n) is 2.37. The zero-order valence-electron chi connectivity index (χ0n) is 12.9. The second-order valence-corrected chi connectivity index (χ2v) is 6.52. The van der Waals surface area contributed by atoms with Gasteiger partial charge in [0.25, 0.3) is 5.91 Å². The molecular formula is C18H20N2O2S. The largest absolute Gasteiger partial charge is 0.484 e. The zero-order chi connectivity index (χ0) is 15.9. The van der Waals surface area contributed by atoms with Gasteiger partial charge in [0.2, 0.25) is 0 Å². The van der Waals surface area contributed by atoms with Gasteiger partial charge in [0.15, 0.2) is 6.61 Å². The van der Waals surface area contributed by atoms with E-state index in [2.05, 4.69) is 5.32 Å². The summed E-state index contributed by atoms with van der Waals surface area (Å²) in [4.78, 5) is 13.9. The molecule has 2 aromatic rings. The van der Waals surface area contributed by atoms with E-state index in [-0.39, 0.29) is 12.5 Å². The Morgan fingerprint density at radius 1 is 1.00 bits per heavy atom. The quantitative estimate of drug-likeness (QED) is 0.913. The van der Waals surface area contributed by atoms with E-state index in [1.165, 1.54) is 0 Å². The highest BCUT2D eigenvalue weighted by Gasteiger charge is 2.16. The highest BCUT2D eigenvalue weighted by Crippen LogP contribution is 2.20. The highest BCUT2D eigenvalue weighted by atomic mass is 32.2. The second-order valence-electron chi connectivity index (χ2n) is 5.30. The third-order valence-corrected chi connectivity index (χ3v) is 4.59. The van der Waals surface area contributed by atoms with Crippen molar-refractivity contribution in [2.24, 2.45) is 0 Å². The van der Waals surface area contributed by atoms with E-state index in [0.717, 1.165) is 36.0 Å². The number of anilines is 2. The number of hydrogen-bond donors (Lipinski definition) is 1. The third kappa shape index (κ3) is 4.66. The zero-order valence-corrected chi connectivity index (χ0v) is 13.7. The third-order valence-electron chi connectivity index (χ3n) is 3.64. The molecule has 1 heterocycles. The Bertz CT molecular complexity index is 625. The van der Waals surface area contributed by atoms with E-state index >= 15 is 0 Å². The number of benzene rings is 2. The Morgan fingerprint density at radius 3 is 2.35 bits per heavy atom. The summed E-state index contributed by atoms with van der Waals surface area (Å²) in [6.45, 7) is 1.76. The van der Waals surface area contributed by atoms with Gasteiger partial charge in [0.05, 0.1) is 0 Å². The number of carbonyl (C=O) groups is 1. The molecule has 4 nitrogen and oxygen atoms in total. The first kappa shape index (κ1) is 15.7. The normalized spacial score (nSPS) is 14.3. The lowest BCUT2D eigenvalue weighted by atomic mass is 10.2. The first-order chi connectivity index (χ1) is 11.3. The summed E-state index contributed by atoms with van der Waals surface area (Å²) < 4.78 is 5.60. The minimum atomic E-state index is 0.0665. The van der Waals surface area contributed by atoms with Crippen molar-refractivity contribution >= 4 is 29.0 Å². The van der Waals surface area contributed by atoms with Crippen LogP contribution in [0.4, 0.5) is 11.4 Å². The van der Waals surface area contributed by atoms with Crippen molar-refractivity contribution in [3.8, 4) is 5.75 Å². The van der Waals surface area contributed by atoms with Gasteiger partial charge in [0.1, 0.15) is 5.75 Å². The van der Waals surface area contributed by atoms with E-state index < -0.39 is 0 Å². The van der Waals surface area contributed by atoms with Crippen molar-refractivity contribution in [1.82, 2.24) is 4.90 Å². The number of ether oxygens (including phenoxy) is 1. The maximum absolute atomic E-state index is 12.1. The standard InChI is InChI=1S/C18H20N2O2S/c21-18(20-10-12-23-13-11-20)14-22-17-8-6-16(7-9-17)19-15-4-2-1-3-5-15/h1-9,19H,10-14H2. The van der Waals surface area contributed by atoms with Crippen LogP contribution in [0.15, 0.2) is 54.6 Å². The van der Waals surface area contributed by atoms with Crippen molar-refractivity contribution in [2.75, 3.05) is 36.5 Å². The van der Waals surface area contributed by atoms with Crippen LogP contribution in [0.3, 0.4) is 0 Å². The summed E-state index contributed by atoms with van der Waals surface area (Å²) in [5.41, 5.74) is 2.03. The molecule has 1 fully saturated rings. The number of amides is 1. The van der Waals surface area contributed by atoms with E-state index in [0.29, 0.717) is 5.75 Å². The van der Waals surface area contributed by atoms with Crippen LogP contribution in [0.25, 0.3) is 0 Å². The summed E-state index contributed by atoms with van der Waals surface area (Å²) in [6.07, 6.45) is 0. The van der Waals surface area contributed by atoms with Gasteiger partial charge in [-0.1, -0.05) is 18.2 Å². The minimum Gasteiger partial charge on any atom is -0.484 e. The molecule has 120 valence electrons. The molecule has 23 heavy (non-hydrogen) atoms. The first-order valence-corrected chi connectivity index (χ1v) is 8.87. The molecule has 1 aliphatic heterocycles. The van der Waals surface area contributed by atoms with E-state index in [4.69, 9.17) is 4.74 Å². The molecule has 0 aliphatic carbocycles. The summed E-state index contributed by atoms with van der Waals surface area (Å²) in [7, 11) is 0. The summed E-state index contributed by atoms with van der Waals surface area (Å²) >= 11 is 1.89. The van der Waals surface area contributed by atoms with Gasteiger partial charge in [-0.3, -0.25) is 4.79 Å². The van der Waals surface area contributed by atoms with Crippen molar-refractivity contribution < 1.29 is 9.53 Å². The molecule has 2 aromatic carbocycles. The summed E-state index contributed by atoms with van der Waals surface area (Å²) in [6, 6.07) is 17.7. The van der Waals surface area contributed by atoms with Crippen LogP contribution < -0.4 is 10.1 Å². The summed E-state index contributed by atoms with van der Waals surface area (Å²) in [5.74, 6) is 2.82. The van der Waals surface area contributed by atoms with E-state index in [1.54, 1.807) is 0 Å². The number of para-hydroxylation sites is 1. The molecule has 3 rings (SSSR count).